The summed E-state index contributed by atoms with van der Waals surface area (Å²) in [6, 6.07) is 18.6. The van der Waals surface area contributed by atoms with Crippen molar-refractivity contribution in [2.45, 2.75) is 0 Å². The number of benzene rings is 2. The number of nitriles is 1. The Morgan fingerprint density at radius 3 is 2.15 bits per heavy atom. The SMILES string of the molecule is N#CC(=C1Nc2ccccc2NC1=O)c1ccccc1. The molecule has 0 saturated heterocycles. The molecule has 1 aliphatic rings. The third-order valence-electron chi connectivity index (χ3n) is 3.09. The first-order valence-electron chi connectivity index (χ1n) is 6.17. The van der Waals surface area contributed by atoms with Gasteiger partial charge in [-0.1, -0.05) is 42.5 Å². The van der Waals surface area contributed by atoms with Crippen molar-refractivity contribution in [2.24, 2.45) is 0 Å². The first kappa shape index (κ1) is 12.0. The third-order valence-corrected chi connectivity index (χ3v) is 3.09. The van der Waals surface area contributed by atoms with Gasteiger partial charge in [0.05, 0.1) is 16.9 Å². The molecular formula is C16H11N3O. The van der Waals surface area contributed by atoms with Gasteiger partial charge in [-0.05, 0) is 17.7 Å². The summed E-state index contributed by atoms with van der Waals surface area (Å²) in [5.41, 5.74) is 2.82. The fourth-order valence-electron chi connectivity index (χ4n) is 2.12. The minimum Gasteiger partial charge on any atom is -0.348 e. The van der Waals surface area contributed by atoms with Gasteiger partial charge in [0.15, 0.2) is 0 Å². The Hall–Kier alpha value is -3.06. The highest BCUT2D eigenvalue weighted by molar-refractivity contribution is 6.16. The number of amides is 1. The molecule has 0 atom stereocenters. The number of para-hydroxylation sites is 2. The lowest BCUT2D eigenvalue weighted by molar-refractivity contribution is -0.112. The summed E-state index contributed by atoms with van der Waals surface area (Å²) in [6.45, 7) is 0. The van der Waals surface area contributed by atoms with Gasteiger partial charge >= 0.3 is 0 Å². The maximum atomic E-state index is 12.1. The van der Waals surface area contributed by atoms with Gasteiger partial charge in [-0.15, -0.1) is 0 Å². The van der Waals surface area contributed by atoms with Crippen LogP contribution in [-0.4, -0.2) is 5.91 Å². The maximum absolute atomic E-state index is 12.1. The molecule has 2 aromatic carbocycles. The summed E-state index contributed by atoms with van der Waals surface area (Å²) in [5.74, 6) is -0.302. The number of carbonyl (C=O) groups is 1. The largest absolute Gasteiger partial charge is 0.348 e. The second-order valence-corrected chi connectivity index (χ2v) is 4.35. The van der Waals surface area contributed by atoms with Gasteiger partial charge in [0.25, 0.3) is 5.91 Å². The zero-order valence-corrected chi connectivity index (χ0v) is 10.6. The Labute approximate surface area is 116 Å². The molecule has 0 aromatic heterocycles. The van der Waals surface area contributed by atoms with E-state index in [1.54, 1.807) is 12.1 Å². The number of hydrogen-bond acceptors (Lipinski definition) is 3. The van der Waals surface area contributed by atoms with E-state index in [-0.39, 0.29) is 11.6 Å². The first-order chi connectivity index (χ1) is 9.79. The van der Waals surface area contributed by atoms with Crippen LogP contribution in [0.4, 0.5) is 11.4 Å². The predicted octanol–water partition coefficient (Wildman–Crippen LogP) is 2.99. The molecule has 2 aromatic rings. The molecule has 0 fully saturated rings. The van der Waals surface area contributed by atoms with Crippen LogP contribution in [0.25, 0.3) is 5.57 Å². The second kappa shape index (κ2) is 4.90. The van der Waals surface area contributed by atoms with Crippen LogP contribution < -0.4 is 10.6 Å². The number of rotatable bonds is 1. The predicted molar refractivity (Wildman–Crippen MR) is 77.7 cm³/mol. The standard InChI is InChI=1S/C16H11N3O/c17-10-12(11-6-2-1-3-7-11)15-16(20)19-14-9-5-4-8-13(14)18-15/h1-9,18H,(H,19,20). The van der Waals surface area contributed by atoms with E-state index in [4.69, 9.17) is 0 Å². The molecule has 0 bridgehead atoms. The lowest BCUT2D eigenvalue weighted by Crippen LogP contribution is -2.26. The smallest absolute Gasteiger partial charge is 0.273 e. The minimum atomic E-state index is -0.302. The fourth-order valence-corrected chi connectivity index (χ4v) is 2.12. The van der Waals surface area contributed by atoms with Crippen LogP contribution in [0.1, 0.15) is 5.56 Å². The van der Waals surface area contributed by atoms with Gasteiger partial charge in [-0.2, -0.15) is 5.26 Å². The van der Waals surface area contributed by atoms with Gasteiger partial charge in [0.1, 0.15) is 11.8 Å². The summed E-state index contributed by atoms with van der Waals surface area (Å²) in [6.07, 6.45) is 0. The lowest BCUT2D eigenvalue weighted by atomic mass is 10.0. The Morgan fingerprint density at radius 1 is 0.900 bits per heavy atom. The van der Waals surface area contributed by atoms with E-state index in [9.17, 15) is 10.1 Å². The molecule has 96 valence electrons. The summed E-state index contributed by atoms with van der Waals surface area (Å²) >= 11 is 0. The average Bonchev–Trinajstić information content (AvgIpc) is 2.49. The van der Waals surface area contributed by atoms with E-state index >= 15 is 0 Å². The summed E-state index contributed by atoms with van der Waals surface area (Å²) in [4.78, 5) is 12.1. The van der Waals surface area contributed by atoms with Crippen LogP contribution in [0, 0.1) is 11.3 Å². The quantitative estimate of drug-likeness (QED) is 0.612. The molecule has 0 aliphatic carbocycles. The highest BCUT2D eigenvalue weighted by Gasteiger charge is 2.23. The van der Waals surface area contributed by atoms with E-state index in [0.717, 1.165) is 5.69 Å². The molecular weight excluding hydrogens is 250 g/mol. The van der Waals surface area contributed by atoms with Crippen molar-refractivity contribution in [3.8, 4) is 6.07 Å². The van der Waals surface area contributed by atoms with Crippen molar-refractivity contribution in [3.05, 3.63) is 65.9 Å². The molecule has 1 heterocycles. The van der Waals surface area contributed by atoms with Crippen molar-refractivity contribution >= 4 is 22.9 Å². The monoisotopic (exact) mass is 261 g/mol. The molecule has 0 saturated carbocycles. The number of allylic oxidation sites excluding steroid dienone is 1. The van der Waals surface area contributed by atoms with E-state index < -0.39 is 0 Å². The van der Waals surface area contributed by atoms with E-state index in [1.807, 2.05) is 42.5 Å². The van der Waals surface area contributed by atoms with Crippen molar-refractivity contribution in [1.82, 2.24) is 0 Å². The Balaban J connectivity index is 2.12. The minimum absolute atomic E-state index is 0.275. The molecule has 0 spiro atoms. The number of hydrogen-bond donors (Lipinski definition) is 2. The van der Waals surface area contributed by atoms with Gasteiger partial charge in [-0.3, -0.25) is 4.79 Å². The zero-order chi connectivity index (χ0) is 13.9. The molecule has 3 rings (SSSR count). The van der Waals surface area contributed by atoms with E-state index in [0.29, 0.717) is 16.8 Å². The first-order valence-corrected chi connectivity index (χ1v) is 6.17. The maximum Gasteiger partial charge on any atom is 0.273 e. The molecule has 20 heavy (non-hydrogen) atoms. The van der Waals surface area contributed by atoms with Gasteiger partial charge in [0, 0.05) is 0 Å². The van der Waals surface area contributed by atoms with Crippen molar-refractivity contribution < 1.29 is 4.79 Å². The fraction of sp³-hybridized carbons (Fsp3) is 0. The normalized spacial score (nSPS) is 15.4. The van der Waals surface area contributed by atoms with Gasteiger partial charge < -0.3 is 10.6 Å². The van der Waals surface area contributed by atoms with Crippen LogP contribution >= 0.6 is 0 Å². The zero-order valence-electron chi connectivity index (χ0n) is 10.6. The number of anilines is 2. The van der Waals surface area contributed by atoms with Crippen molar-refractivity contribution in [1.29, 1.82) is 5.26 Å². The molecule has 1 amide bonds. The third kappa shape index (κ3) is 2.02. The van der Waals surface area contributed by atoms with Gasteiger partial charge in [0.2, 0.25) is 0 Å². The highest BCUT2D eigenvalue weighted by atomic mass is 16.2. The van der Waals surface area contributed by atoms with Crippen molar-refractivity contribution in [3.63, 3.8) is 0 Å². The van der Waals surface area contributed by atoms with E-state index in [1.165, 1.54) is 0 Å². The van der Waals surface area contributed by atoms with Crippen LogP contribution in [0.5, 0.6) is 0 Å². The number of nitrogens with one attached hydrogen (secondary N) is 2. The van der Waals surface area contributed by atoms with E-state index in [2.05, 4.69) is 16.7 Å². The van der Waals surface area contributed by atoms with Crippen molar-refractivity contribution in [2.75, 3.05) is 10.6 Å². The van der Waals surface area contributed by atoms with Crippen LogP contribution in [-0.2, 0) is 4.79 Å². The highest BCUT2D eigenvalue weighted by Crippen LogP contribution is 2.30. The topological polar surface area (TPSA) is 64.9 Å². The summed E-state index contributed by atoms with van der Waals surface area (Å²) in [5, 5.41) is 15.2. The Bertz CT molecular complexity index is 742. The number of nitrogens with zero attached hydrogens (tertiary/aromatic N) is 1. The van der Waals surface area contributed by atoms with Crippen LogP contribution in [0.15, 0.2) is 60.3 Å². The Kier molecular flexibility index (Phi) is 2.94. The molecule has 0 radical (unpaired) electrons. The molecule has 4 nitrogen and oxygen atoms in total. The van der Waals surface area contributed by atoms with Crippen LogP contribution in [0.3, 0.4) is 0 Å². The summed E-state index contributed by atoms with van der Waals surface area (Å²) in [7, 11) is 0. The second-order valence-electron chi connectivity index (χ2n) is 4.35. The van der Waals surface area contributed by atoms with Crippen LogP contribution in [0.2, 0.25) is 0 Å². The van der Waals surface area contributed by atoms with Gasteiger partial charge in [-0.25, -0.2) is 0 Å². The number of fused-ring (bicyclic) bond motifs is 1. The molecule has 0 unspecified atom stereocenters. The molecule has 4 heteroatoms. The number of carbonyl (C=O) groups excluding carboxylic acids is 1. The Morgan fingerprint density at radius 2 is 1.50 bits per heavy atom. The molecule has 2 N–H and O–H groups in total. The average molecular weight is 261 g/mol. The lowest BCUT2D eigenvalue weighted by Gasteiger charge is -2.22. The molecule has 1 aliphatic heterocycles. The summed E-state index contributed by atoms with van der Waals surface area (Å²) < 4.78 is 0.